The van der Waals surface area contributed by atoms with Gasteiger partial charge in [0, 0.05) is 5.56 Å². The largest absolute Gasteiger partial charge is 0.494 e. The molecule has 2 rings (SSSR count). The molecule has 1 aromatic carbocycles. The molecule has 1 heterocycles. The summed E-state index contributed by atoms with van der Waals surface area (Å²) in [4.78, 5) is 0. The Morgan fingerprint density at radius 1 is 1.21 bits per heavy atom. The van der Waals surface area contributed by atoms with Crippen molar-refractivity contribution in [2.75, 3.05) is 13.2 Å². The van der Waals surface area contributed by atoms with Crippen LogP contribution in [0.5, 0.6) is 5.75 Å². The second kappa shape index (κ2) is 6.43. The fourth-order valence-electron chi connectivity index (χ4n) is 2.23. The van der Waals surface area contributed by atoms with E-state index in [1.165, 1.54) is 0 Å². The third kappa shape index (κ3) is 2.99. The maximum Gasteiger partial charge on any atom is 0.128 e. The average molecular weight is 259 g/mol. The molecule has 3 heteroatoms. The molecule has 0 aliphatic carbocycles. The first-order valence-electron chi connectivity index (χ1n) is 6.77. The minimum absolute atomic E-state index is 0.0303. The molecular weight excluding hydrogens is 238 g/mol. The fraction of sp³-hybridized carbons (Fsp3) is 0.375. The molecule has 0 aliphatic heterocycles. The molecule has 1 unspecified atom stereocenters. The van der Waals surface area contributed by atoms with Gasteiger partial charge < -0.3 is 14.5 Å². The van der Waals surface area contributed by atoms with Gasteiger partial charge in [-0.15, -0.1) is 0 Å². The van der Waals surface area contributed by atoms with Crippen molar-refractivity contribution in [2.45, 2.75) is 26.8 Å². The second-order valence-corrected chi connectivity index (χ2v) is 4.43. The van der Waals surface area contributed by atoms with Crippen LogP contribution in [0.25, 0.3) is 0 Å². The highest BCUT2D eigenvalue weighted by atomic mass is 16.5. The topological polar surface area (TPSA) is 34.4 Å². The van der Waals surface area contributed by atoms with Crippen LogP contribution in [0, 0.1) is 6.92 Å². The van der Waals surface area contributed by atoms with Gasteiger partial charge in [-0.1, -0.05) is 25.1 Å². The quantitative estimate of drug-likeness (QED) is 0.859. The summed E-state index contributed by atoms with van der Waals surface area (Å²) in [6, 6.07) is 10.1. The summed E-state index contributed by atoms with van der Waals surface area (Å²) in [6.07, 6.45) is 1.73. The molecule has 1 atom stereocenters. The predicted octanol–water partition coefficient (Wildman–Crippen LogP) is 3.69. The molecule has 102 valence electrons. The van der Waals surface area contributed by atoms with Crippen molar-refractivity contribution in [1.82, 2.24) is 5.32 Å². The van der Waals surface area contributed by atoms with Crippen LogP contribution < -0.4 is 10.1 Å². The lowest BCUT2D eigenvalue weighted by Crippen LogP contribution is -2.22. The van der Waals surface area contributed by atoms with Gasteiger partial charge in [0.1, 0.15) is 11.5 Å². The first-order chi connectivity index (χ1) is 9.27. The normalized spacial score (nSPS) is 12.4. The predicted molar refractivity (Wildman–Crippen MR) is 76.6 cm³/mol. The van der Waals surface area contributed by atoms with Gasteiger partial charge in [-0.3, -0.25) is 0 Å². The van der Waals surface area contributed by atoms with Gasteiger partial charge in [-0.2, -0.15) is 0 Å². The molecule has 0 fully saturated rings. The lowest BCUT2D eigenvalue weighted by Gasteiger charge is -2.20. The van der Waals surface area contributed by atoms with E-state index < -0.39 is 0 Å². The molecule has 0 saturated carbocycles. The van der Waals surface area contributed by atoms with Crippen molar-refractivity contribution in [3.63, 3.8) is 0 Å². The van der Waals surface area contributed by atoms with E-state index in [1.54, 1.807) is 6.26 Å². The highest BCUT2D eigenvalue weighted by Crippen LogP contribution is 2.32. The summed E-state index contributed by atoms with van der Waals surface area (Å²) in [7, 11) is 0. The number of para-hydroxylation sites is 1. The molecule has 1 N–H and O–H groups in total. The van der Waals surface area contributed by atoms with E-state index in [4.69, 9.17) is 9.15 Å². The Kier molecular flexibility index (Phi) is 4.63. The minimum Gasteiger partial charge on any atom is -0.494 e. The van der Waals surface area contributed by atoms with E-state index in [0.29, 0.717) is 6.61 Å². The van der Waals surface area contributed by atoms with Gasteiger partial charge in [0.2, 0.25) is 0 Å². The van der Waals surface area contributed by atoms with Crippen molar-refractivity contribution in [3.8, 4) is 5.75 Å². The number of aryl methyl sites for hydroxylation is 1. The monoisotopic (exact) mass is 259 g/mol. The highest BCUT2D eigenvalue weighted by Gasteiger charge is 2.21. The van der Waals surface area contributed by atoms with E-state index in [9.17, 15) is 0 Å². The Labute approximate surface area is 114 Å². The number of hydrogen-bond donors (Lipinski definition) is 1. The van der Waals surface area contributed by atoms with E-state index in [1.807, 2.05) is 31.2 Å². The summed E-state index contributed by atoms with van der Waals surface area (Å²) in [5, 5.41) is 3.47. The number of hydrogen-bond acceptors (Lipinski definition) is 3. The second-order valence-electron chi connectivity index (χ2n) is 4.43. The molecule has 0 radical (unpaired) electrons. The number of ether oxygens (including phenoxy) is 1. The molecule has 3 nitrogen and oxygen atoms in total. The van der Waals surface area contributed by atoms with Crippen LogP contribution in [0.3, 0.4) is 0 Å². The molecule has 0 saturated heterocycles. The minimum atomic E-state index is 0.0303. The Morgan fingerprint density at radius 3 is 2.63 bits per heavy atom. The van der Waals surface area contributed by atoms with E-state index >= 15 is 0 Å². The highest BCUT2D eigenvalue weighted by molar-refractivity contribution is 5.41. The lowest BCUT2D eigenvalue weighted by atomic mass is 10.0. The number of benzene rings is 1. The zero-order valence-corrected chi connectivity index (χ0v) is 11.8. The molecule has 0 amide bonds. The molecule has 2 aromatic rings. The molecule has 19 heavy (non-hydrogen) atoms. The van der Waals surface area contributed by atoms with E-state index in [0.717, 1.165) is 29.2 Å². The van der Waals surface area contributed by atoms with Crippen molar-refractivity contribution in [1.29, 1.82) is 0 Å². The Hall–Kier alpha value is -1.74. The maximum atomic E-state index is 5.72. The summed E-state index contributed by atoms with van der Waals surface area (Å²) in [5.74, 6) is 1.86. The third-order valence-corrected chi connectivity index (χ3v) is 3.10. The van der Waals surface area contributed by atoms with Gasteiger partial charge >= 0.3 is 0 Å². The van der Waals surface area contributed by atoms with Crippen molar-refractivity contribution >= 4 is 0 Å². The third-order valence-electron chi connectivity index (χ3n) is 3.10. The standard InChI is InChI=1S/C16H21NO2/c1-4-17-15(16-12(3)10-11-19-16)13-8-6-7-9-14(13)18-5-2/h6-11,15,17H,4-5H2,1-3H3. The Balaban J connectivity index is 2.42. The van der Waals surface area contributed by atoms with Crippen LogP contribution >= 0.6 is 0 Å². The number of nitrogens with one attached hydrogen (secondary N) is 1. The van der Waals surface area contributed by atoms with Crippen LogP contribution in [-0.4, -0.2) is 13.2 Å². The first-order valence-corrected chi connectivity index (χ1v) is 6.77. The average Bonchev–Trinajstić information content (AvgIpc) is 2.84. The van der Waals surface area contributed by atoms with E-state index in [-0.39, 0.29) is 6.04 Å². The van der Waals surface area contributed by atoms with Crippen LogP contribution in [0.1, 0.15) is 36.8 Å². The molecule has 0 spiro atoms. The Bertz CT molecular complexity index is 519. The Morgan fingerprint density at radius 2 is 2.00 bits per heavy atom. The summed E-state index contributed by atoms with van der Waals surface area (Å²) >= 11 is 0. The van der Waals surface area contributed by atoms with Crippen molar-refractivity contribution in [2.24, 2.45) is 0 Å². The summed E-state index contributed by atoms with van der Waals surface area (Å²) < 4.78 is 11.4. The SMILES string of the molecule is CCNC(c1ccccc1OCC)c1occc1C. The maximum absolute atomic E-state index is 5.72. The van der Waals surface area contributed by atoms with Crippen LogP contribution in [0.15, 0.2) is 41.0 Å². The van der Waals surface area contributed by atoms with Gasteiger partial charge in [0.15, 0.2) is 0 Å². The number of rotatable bonds is 6. The fourth-order valence-corrected chi connectivity index (χ4v) is 2.23. The van der Waals surface area contributed by atoms with Gasteiger partial charge in [-0.05, 0) is 38.1 Å². The van der Waals surface area contributed by atoms with Crippen LogP contribution in [0.2, 0.25) is 0 Å². The van der Waals surface area contributed by atoms with E-state index in [2.05, 4.69) is 25.2 Å². The summed E-state index contributed by atoms with van der Waals surface area (Å²) in [6.45, 7) is 7.68. The molecular formula is C16H21NO2. The molecule has 0 aliphatic rings. The van der Waals surface area contributed by atoms with Crippen LogP contribution in [-0.2, 0) is 0 Å². The zero-order valence-electron chi connectivity index (χ0n) is 11.8. The summed E-state index contributed by atoms with van der Waals surface area (Å²) in [5.41, 5.74) is 2.27. The van der Waals surface area contributed by atoms with Crippen LogP contribution in [0.4, 0.5) is 0 Å². The number of furan rings is 1. The first kappa shape index (κ1) is 13.7. The van der Waals surface area contributed by atoms with Gasteiger partial charge in [0.25, 0.3) is 0 Å². The van der Waals surface area contributed by atoms with Gasteiger partial charge in [0.05, 0.1) is 18.9 Å². The van der Waals surface area contributed by atoms with Crippen molar-refractivity contribution in [3.05, 3.63) is 53.5 Å². The lowest BCUT2D eigenvalue weighted by molar-refractivity contribution is 0.330. The molecule has 0 bridgehead atoms. The van der Waals surface area contributed by atoms with Crippen molar-refractivity contribution < 1.29 is 9.15 Å². The molecule has 1 aromatic heterocycles. The smallest absolute Gasteiger partial charge is 0.128 e. The zero-order chi connectivity index (χ0) is 13.7. The van der Waals surface area contributed by atoms with Gasteiger partial charge in [-0.25, -0.2) is 0 Å².